The highest BCUT2D eigenvalue weighted by Gasteiger charge is 2.16. The van der Waals surface area contributed by atoms with Crippen molar-refractivity contribution in [3.63, 3.8) is 0 Å². The van der Waals surface area contributed by atoms with E-state index >= 15 is 0 Å². The van der Waals surface area contributed by atoms with Crippen LogP contribution >= 0.6 is 27.5 Å². The second-order valence-electron chi connectivity index (χ2n) is 4.29. The van der Waals surface area contributed by atoms with Crippen molar-refractivity contribution in [2.75, 3.05) is 7.11 Å². The number of benzene rings is 2. The number of hydrogen-bond donors (Lipinski definition) is 0. The number of halogens is 4. The Hall–Kier alpha value is -1.13. The molecule has 2 aromatic rings. The molecule has 0 N–H and O–H groups in total. The van der Waals surface area contributed by atoms with E-state index in [1.165, 1.54) is 12.1 Å². The van der Waals surface area contributed by atoms with Crippen molar-refractivity contribution in [3.05, 3.63) is 64.2 Å². The van der Waals surface area contributed by atoms with Gasteiger partial charge in [-0.25, -0.2) is 8.78 Å². The van der Waals surface area contributed by atoms with Gasteiger partial charge in [0.1, 0.15) is 17.4 Å². The van der Waals surface area contributed by atoms with Crippen molar-refractivity contribution < 1.29 is 13.5 Å². The molecule has 106 valence electrons. The SMILES string of the molecule is COc1cc(Cl)ccc1C(Br)Cc1ccc(F)cc1F. The molecule has 0 aliphatic rings. The predicted molar refractivity (Wildman–Crippen MR) is 79.7 cm³/mol. The Bertz CT molecular complexity index is 619. The minimum atomic E-state index is -0.582. The highest BCUT2D eigenvalue weighted by atomic mass is 79.9. The molecular formula is C15H12BrClF2O. The normalized spacial score (nSPS) is 12.2. The Balaban J connectivity index is 2.25. The lowest BCUT2D eigenvalue weighted by Gasteiger charge is -2.15. The summed E-state index contributed by atoms with van der Waals surface area (Å²) < 4.78 is 31.8. The van der Waals surface area contributed by atoms with E-state index in [2.05, 4.69) is 15.9 Å². The van der Waals surface area contributed by atoms with Crippen LogP contribution < -0.4 is 4.74 Å². The molecule has 0 aromatic heterocycles. The molecule has 0 aliphatic carbocycles. The van der Waals surface area contributed by atoms with Gasteiger partial charge in [0.15, 0.2) is 0 Å². The monoisotopic (exact) mass is 360 g/mol. The summed E-state index contributed by atoms with van der Waals surface area (Å²) in [5.74, 6) is -0.509. The van der Waals surface area contributed by atoms with Gasteiger partial charge in [-0.1, -0.05) is 39.7 Å². The fourth-order valence-electron chi connectivity index (χ4n) is 1.93. The van der Waals surface area contributed by atoms with E-state index in [1.54, 1.807) is 19.2 Å². The van der Waals surface area contributed by atoms with Crippen LogP contribution in [0.4, 0.5) is 8.78 Å². The van der Waals surface area contributed by atoms with E-state index in [9.17, 15) is 8.78 Å². The van der Waals surface area contributed by atoms with Gasteiger partial charge in [0, 0.05) is 21.5 Å². The lowest BCUT2D eigenvalue weighted by Crippen LogP contribution is -2.01. The Morgan fingerprint density at radius 1 is 1.20 bits per heavy atom. The van der Waals surface area contributed by atoms with Gasteiger partial charge in [-0.05, 0) is 30.2 Å². The topological polar surface area (TPSA) is 9.23 Å². The quantitative estimate of drug-likeness (QED) is 0.671. The molecule has 1 nitrogen and oxygen atoms in total. The van der Waals surface area contributed by atoms with Crippen LogP contribution in [0, 0.1) is 11.6 Å². The van der Waals surface area contributed by atoms with Gasteiger partial charge in [-0.15, -0.1) is 0 Å². The molecule has 0 saturated heterocycles. The van der Waals surface area contributed by atoms with Crippen LogP contribution in [0.5, 0.6) is 5.75 Å². The third-order valence-corrected chi connectivity index (χ3v) is 4.00. The lowest BCUT2D eigenvalue weighted by molar-refractivity contribution is 0.409. The first-order chi connectivity index (χ1) is 9.51. The second-order valence-corrected chi connectivity index (χ2v) is 5.84. The molecule has 0 bridgehead atoms. The first-order valence-electron chi connectivity index (χ1n) is 5.92. The van der Waals surface area contributed by atoms with Gasteiger partial charge in [0.2, 0.25) is 0 Å². The van der Waals surface area contributed by atoms with Crippen molar-refractivity contribution in [1.82, 2.24) is 0 Å². The van der Waals surface area contributed by atoms with Crippen molar-refractivity contribution in [3.8, 4) is 5.75 Å². The maximum Gasteiger partial charge on any atom is 0.129 e. The zero-order chi connectivity index (χ0) is 14.7. The number of alkyl halides is 1. The van der Waals surface area contributed by atoms with Crippen LogP contribution in [-0.2, 0) is 6.42 Å². The summed E-state index contributed by atoms with van der Waals surface area (Å²) in [6.45, 7) is 0. The highest BCUT2D eigenvalue weighted by molar-refractivity contribution is 9.09. The van der Waals surface area contributed by atoms with Crippen LogP contribution in [-0.4, -0.2) is 7.11 Å². The molecule has 20 heavy (non-hydrogen) atoms. The molecule has 0 aliphatic heterocycles. The van der Waals surface area contributed by atoms with E-state index in [1.807, 2.05) is 6.07 Å². The third-order valence-electron chi connectivity index (χ3n) is 2.95. The summed E-state index contributed by atoms with van der Waals surface area (Å²) in [5, 5.41) is 0.568. The van der Waals surface area contributed by atoms with E-state index in [-0.39, 0.29) is 4.83 Å². The maximum atomic E-state index is 13.7. The molecule has 0 saturated carbocycles. The molecule has 2 rings (SSSR count). The van der Waals surface area contributed by atoms with E-state index in [4.69, 9.17) is 16.3 Å². The molecule has 0 heterocycles. The summed E-state index contributed by atoms with van der Waals surface area (Å²) in [6, 6.07) is 8.84. The van der Waals surface area contributed by atoms with Gasteiger partial charge < -0.3 is 4.74 Å². The van der Waals surface area contributed by atoms with Gasteiger partial charge >= 0.3 is 0 Å². The zero-order valence-electron chi connectivity index (χ0n) is 10.7. The Labute approximate surface area is 129 Å². The first kappa shape index (κ1) is 15.3. The summed E-state index contributed by atoms with van der Waals surface area (Å²) in [6.07, 6.45) is 0.379. The molecule has 5 heteroatoms. The van der Waals surface area contributed by atoms with Crippen LogP contribution in [0.25, 0.3) is 0 Å². The average Bonchev–Trinajstić information content (AvgIpc) is 2.41. The van der Waals surface area contributed by atoms with E-state index in [0.29, 0.717) is 22.8 Å². The van der Waals surface area contributed by atoms with Crippen LogP contribution in [0.2, 0.25) is 5.02 Å². The summed E-state index contributed by atoms with van der Waals surface area (Å²) in [5.41, 5.74) is 1.30. The Morgan fingerprint density at radius 3 is 2.60 bits per heavy atom. The number of rotatable bonds is 4. The smallest absolute Gasteiger partial charge is 0.129 e. The molecule has 2 aromatic carbocycles. The molecule has 1 unspecified atom stereocenters. The van der Waals surface area contributed by atoms with Crippen molar-refractivity contribution in [1.29, 1.82) is 0 Å². The van der Waals surface area contributed by atoms with Gasteiger partial charge in [-0.3, -0.25) is 0 Å². The molecular weight excluding hydrogens is 350 g/mol. The largest absolute Gasteiger partial charge is 0.496 e. The Morgan fingerprint density at radius 2 is 1.95 bits per heavy atom. The summed E-state index contributed by atoms with van der Waals surface area (Å²) in [4.78, 5) is -0.158. The Kier molecular flexibility index (Phi) is 5.00. The van der Waals surface area contributed by atoms with Crippen LogP contribution in [0.15, 0.2) is 36.4 Å². The molecule has 0 radical (unpaired) electrons. The average molecular weight is 362 g/mol. The third kappa shape index (κ3) is 3.49. The summed E-state index contributed by atoms with van der Waals surface area (Å²) in [7, 11) is 1.55. The second kappa shape index (κ2) is 6.55. The standard InChI is InChI=1S/C15H12BrClF2O/c1-20-15-7-10(17)3-5-12(15)13(16)6-9-2-4-11(18)8-14(9)19/h2-5,7-8,13H,6H2,1H3. The zero-order valence-corrected chi connectivity index (χ0v) is 13.0. The van der Waals surface area contributed by atoms with E-state index < -0.39 is 11.6 Å². The number of hydrogen-bond acceptors (Lipinski definition) is 1. The predicted octanol–water partition coefficient (Wildman–Crippen LogP) is 5.31. The van der Waals surface area contributed by atoms with Crippen molar-refractivity contribution in [2.24, 2.45) is 0 Å². The molecule has 1 atom stereocenters. The molecule has 0 fully saturated rings. The number of ether oxygens (including phenoxy) is 1. The van der Waals surface area contributed by atoms with E-state index in [0.717, 1.165) is 11.6 Å². The van der Waals surface area contributed by atoms with Gasteiger partial charge in [0.25, 0.3) is 0 Å². The van der Waals surface area contributed by atoms with Gasteiger partial charge in [-0.2, -0.15) is 0 Å². The fraction of sp³-hybridized carbons (Fsp3) is 0.200. The van der Waals surface area contributed by atoms with Crippen LogP contribution in [0.1, 0.15) is 16.0 Å². The molecule has 0 amide bonds. The summed E-state index contributed by atoms with van der Waals surface area (Å²) >= 11 is 9.41. The minimum Gasteiger partial charge on any atom is -0.496 e. The minimum absolute atomic E-state index is 0.158. The molecule has 0 spiro atoms. The van der Waals surface area contributed by atoms with Crippen molar-refractivity contribution in [2.45, 2.75) is 11.2 Å². The highest BCUT2D eigenvalue weighted by Crippen LogP contribution is 2.35. The lowest BCUT2D eigenvalue weighted by atomic mass is 10.0. The van der Waals surface area contributed by atoms with Gasteiger partial charge in [0.05, 0.1) is 7.11 Å². The number of methoxy groups -OCH3 is 1. The van der Waals surface area contributed by atoms with Crippen molar-refractivity contribution >= 4 is 27.5 Å². The van der Waals surface area contributed by atoms with Crippen LogP contribution in [0.3, 0.4) is 0 Å². The fourth-order valence-corrected chi connectivity index (χ4v) is 2.82. The maximum absolute atomic E-state index is 13.7. The first-order valence-corrected chi connectivity index (χ1v) is 7.22.